The molecule has 1 saturated heterocycles. The summed E-state index contributed by atoms with van der Waals surface area (Å²) in [7, 11) is 3.43. The van der Waals surface area contributed by atoms with Crippen molar-refractivity contribution in [3.8, 4) is 0 Å². The lowest BCUT2D eigenvalue weighted by Gasteiger charge is -2.51. The van der Waals surface area contributed by atoms with Gasteiger partial charge in [-0.15, -0.1) is 0 Å². The van der Waals surface area contributed by atoms with Gasteiger partial charge in [0.25, 0.3) is 11.5 Å². The summed E-state index contributed by atoms with van der Waals surface area (Å²) in [5, 5.41) is 11.8. The van der Waals surface area contributed by atoms with E-state index in [0.717, 1.165) is 24.8 Å². The number of hydrogen-bond acceptors (Lipinski definition) is 4. The van der Waals surface area contributed by atoms with E-state index >= 15 is 0 Å². The van der Waals surface area contributed by atoms with Crippen LogP contribution in [0.5, 0.6) is 0 Å². The largest absolute Gasteiger partial charge is 0.387 e. The molecule has 3 aliphatic rings. The molecule has 1 aromatic rings. The van der Waals surface area contributed by atoms with Gasteiger partial charge in [-0.05, 0) is 43.1 Å². The first-order chi connectivity index (χ1) is 16.9. The van der Waals surface area contributed by atoms with Crippen LogP contribution in [-0.4, -0.2) is 64.1 Å². The molecule has 1 aliphatic heterocycles. The number of pyridine rings is 1. The average Bonchev–Trinajstić information content (AvgIpc) is 3.67. The molecule has 0 spiro atoms. The Labute approximate surface area is 215 Å². The van der Waals surface area contributed by atoms with Crippen molar-refractivity contribution in [2.45, 2.75) is 96.6 Å². The van der Waals surface area contributed by atoms with Gasteiger partial charge >= 0.3 is 0 Å². The Bertz CT molecular complexity index is 1040. The van der Waals surface area contributed by atoms with E-state index in [1.165, 1.54) is 41.6 Å². The molecule has 0 aromatic carbocycles. The fraction of sp³-hybridized carbons (Fsp3) is 0.759. The van der Waals surface area contributed by atoms with Crippen LogP contribution in [0.3, 0.4) is 0 Å². The van der Waals surface area contributed by atoms with Crippen molar-refractivity contribution in [2.24, 2.45) is 17.3 Å². The zero-order valence-corrected chi connectivity index (χ0v) is 22.9. The summed E-state index contributed by atoms with van der Waals surface area (Å²) in [6.07, 6.45) is 11.3. The average molecular weight is 500 g/mol. The third-order valence-corrected chi connectivity index (χ3v) is 9.03. The van der Waals surface area contributed by atoms with Crippen LogP contribution in [-0.2, 0) is 11.3 Å². The minimum absolute atomic E-state index is 0.00714. The number of hydrogen-bond donors (Lipinski definition) is 1. The van der Waals surface area contributed by atoms with E-state index in [4.69, 9.17) is 0 Å². The van der Waals surface area contributed by atoms with Gasteiger partial charge in [-0.3, -0.25) is 14.4 Å². The SMILES string of the molecule is CC(CC1CCCCC1)C(=O)N1CC[C@](O)(Cn2cc(C(=O)N(C)C)c(C3CC3)cc2=O)C(C)(C)C1. The van der Waals surface area contributed by atoms with Gasteiger partial charge in [0.2, 0.25) is 5.91 Å². The smallest absolute Gasteiger partial charge is 0.255 e. The normalized spacial score (nSPS) is 25.4. The monoisotopic (exact) mass is 499 g/mol. The van der Waals surface area contributed by atoms with Crippen LogP contribution in [0.15, 0.2) is 17.1 Å². The summed E-state index contributed by atoms with van der Waals surface area (Å²) in [5.41, 5.74) is -0.580. The number of amides is 2. The van der Waals surface area contributed by atoms with E-state index in [-0.39, 0.29) is 35.8 Å². The predicted molar refractivity (Wildman–Crippen MR) is 141 cm³/mol. The van der Waals surface area contributed by atoms with Crippen molar-refractivity contribution in [2.75, 3.05) is 27.2 Å². The highest BCUT2D eigenvalue weighted by Crippen LogP contribution is 2.43. The van der Waals surface area contributed by atoms with Crippen molar-refractivity contribution >= 4 is 11.8 Å². The summed E-state index contributed by atoms with van der Waals surface area (Å²) in [6.45, 7) is 7.05. The van der Waals surface area contributed by atoms with Crippen LogP contribution < -0.4 is 5.56 Å². The van der Waals surface area contributed by atoms with Crippen molar-refractivity contribution in [1.29, 1.82) is 0 Å². The van der Waals surface area contributed by atoms with Crippen molar-refractivity contribution in [1.82, 2.24) is 14.4 Å². The summed E-state index contributed by atoms with van der Waals surface area (Å²) in [5.74, 6) is 0.977. The van der Waals surface area contributed by atoms with E-state index in [9.17, 15) is 19.5 Å². The van der Waals surface area contributed by atoms with Crippen LogP contribution in [0.4, 0.5) is 0 Å². The van der Waals surface area contributed by atoms with Crippen molar-refractivity contribution in [3.05, 3.63) is 33.7 Å². The topological polar surface area (TPSA) is 82.8 Å². The van der Waals surface area contributed by atoms with Crippen LogP contribution >= 0.6 is 0 Å². The number of likely N-dealkylation sites (tertiary alicyclic amines) is 1. The molecule has 2 amide bonds. The zero-order valence-electron chi connectivity index (χ0n) is 22.9. The highest BCUT2D eigenvalue weighted by Gasteiger charge is 2.49. The molecule has 0 bridgehead atoms. The highest BCUT2D eigenvalue weighted by atomic mass is 16.3. The molecule has 1 unspecified atom stereocenters. The number of carbonyl (C=O) groups excluding carboxylic acids is 2. The van der Waals surface area contributed by atoms with Crippen LogP contribution in [0.2, 0.25) is 0 Å². The van der Waals surface area contributed by atoms with Gasteiger partial charge in [-0.1, -0.05) is 52.9 Å². The standard InChI is InChI=1S/C29H45N3O4/c1-20(15-21-9-7-6-8-10-21)26(34)31-14-13-29(36,28(2,3)18-31)19-32-17-24(27(35)30(4)5)23(16-25(32)33)22-11-12-22/h16-17,20-22,36H,6-15,18-19H2,1-5H3/t20?,29-/m0/s1. The molecule has 1 aromatic heterocycles. The van der Waals surface area contributed by atoms with E-state index in [0.29, 0.717) is 31.0 Å². The number of nitrogens with zero attached hydrogens (tertiary/aromatic N) is 3. The molecule has 200 valence electrons. The number of carbonyl (C=O) groups is 2. The minimum Gasteiger partial charge on any atom is -0.387 e. The van der Waals surface area contributed by atoms with Gasteiger partial charge in [0, 0.05) is 50.8 Å². The van der Waals surface area contributed by atoms with Gasteiger partial charge in [0.1, 0.15) is 0 Å². The Morgan fingerprint density at radius 3 is 2.39 bits per heavy atom. The molecule has 3 fully saturated rings. The number of piperidine rings is 1. The Morgan fingerprint density at radius 1 is 1.14 bits per heavy atom. The van der Waals surface area contributed by atoms with Crippen molar-refractivity contribution in [3.63, 3.8) is 0 Å². The Kier molecular flexibility index (Phi) is 7.70. The third kappa shape index (κ3) is 5.56. The molecule has 7 nitrogen and oxygen atoms in total. The number of aliphatic hydroxyl groups is 1. The first-order valence-corrected chi connectivity index (χ1v) is 13.9. The van der Waals surface area contributed by atoms with Gasteiger partial charge < -0.3 is 19.5 Å². The molecule has 1 N–H and O–H groups in total. The lowest BCUT2D eigenvalue weighted by Crippen LogP contribution is -2.61. The predicted octanol–water partition coefficient (Wildman–Crippen LogP) is 4.02. The molecule has 0 radical (unpaired) electrons. The first-order valence-electron chi connectivity index (χ1n) is 13.9. The third-order valence-electron chi connectivity index (χ3n) is 9.03. The highest BCUT2D eigenvalue weighted by molar-refractivity contribution is 5.95. The molecule has 2 aliphatic carbocycles. The zero-order chi connectivity index (χ0) is 26.3. The molecule has 2 heterocycles. The second-order valence-electron chi connectivity index (χ2n) is 12.6. The Balaban J connectivity index is 1.49. The van der Waals surface area contributed by atoms with Gasteiger partial charge in [-0.2, -0.15) is 0 Å². The Morgan fingerprint density at radius 2 is 1.81 bits per heavy atom. The summed E-state index contributed by atoms with van der Waals surface area (Å²) >= 11 is 0. The molecule has 2 atom stereocenters. The van der Waals surface area contributed by atoms with E-state index in [1.807, 2.05) is 18.7 Å². The van der Waals surface area contributed by atoms with E-state index in [1.54, 1.807) is 26.4 Å². The molecule has 2 saturated carbocycles. The van der Waals surface area contributed by atoms with Crippen LogP contribution in [0, 0.1) is 17.3 Å². The van der Waals surface area contributed by atoms with E-state index in [2.05, 4.69) is 6.92 Å². The maximum absolute atomic E-state index is 13.3. The lowest BCUT2D eigenvalue weighted by molar-refractivity contribution is -0.157. The van der Waals surface area contributed by atoms with E-state index < -0.39 is 11.0 Å². The summed E-state index contributed by atoms with van der Waals surface area (Å²) < 4.78 is 1.51. The maximum Gasteiger partial charge on any atom is 0.255 e. The maximum atomic E-state index is 13.3. The minimum atomic E-state index is -1.17. The fourth-order valence-corrected chi connectivity index (χ4v) is 6.32. The van der Waals surface area contributed by atoms with Crippen LogP contribution in [0.1, 0.15) is 100 Å². The van der Waals surface area contributed by atoms with Crippen molar-refractivity contribution < 1.29 is 14.7 Å². The van der Waals surface area contributed by atoms with Crippen LogP contribution in [0.25, 0.3) is 0 Å². The quantitative estimate of drug-likeness (QED) is 0.614. The first kappa shape index (κ1) is 26.9. The van der Waals surface area contributed by atoms with Gasteiger partial charge in [-0.25, -0.2) is 0 Å². The number of rotatable bonds is 7. The fourth-order valence-electron chi connectivity index (χ4n) is 6.32. The number of aromatic nitrogens is 1. The molecular weight excluding hydrogens is 454 g/mol. The molecule has 4 rings (SSSR count). The lowest BCUT2D eigenvalue weighted by atomic mass is 9.69. The molecule has 36 heavy (non-hydrogen) atoms. The van der Waals surface area contributed by atoms with Gasteiger partial charge in [0.15, 0.2) is 0 Å². The molecule has 7 heteroatoms. The van der Waals surface area contributed by atoms with Gasteiger partial charge in [0.05, 0.1) is 17.7 Å². The summed E-state index contributed by atoms with van der Waals surface area (Å²) in [6, 6.07) is 1.59. The Hall–Kier alpha value is -2.15. The second kappa shape index (κ2) is 10.3. The molecular formula is C29H45N3O4. The summed E-state index contributed by atoms with van der Waals surface area (Å²) in [4.78, 5) is 42.7. The second-order valence-corrected chi connectivity index (χ2v) is 12.6.